The second-order valence-corrected chi connectivity index (χ2v) is 4.03. The number of hydrogen-bond acceptors (Lipinski definition) is 4. The van der Waals surface area contributed by atoms with Gasteiger partial charge in [-0.1, -0.05) is 6.07 Å². The fourth-order valence-electron chi connectivity index (χ4n) is 2.03. The topological polar surface area (TPSA) is 55.8 Å². The van der Waals surface area contributed by atoms with Gasteiger partial charge in [-0.15, -0.1) is 0 Å². The minimum atomic E-state index is -0.474. The molecule has 15 heavy (non-hydrogen) atoms. The van der Waals surface area contributed by atoms with E-state index in [1.807, 2.05) is 0 Å². The molecular weight excluding hydrogens is 196 g/mol. The molecule has 0 atom stereocenters. The maximum atomic E-state index is 11.8. The highest BCUT2D eigenvalue weighted by Gasteiger charge is 2.47. The van der Waals surface area contributed by atoms with Crippen molar-refractivity contribution in [2.24, 2.45) is 0 Å². The van der Waals surface area contributed by atoms with Gasteiger partial charge in [-0.3, -0.25) is 4.79 Å². The highest BCUT2D eigenvalue weighted by molar-refractivity contribution is 6.02. The molecule has 1 fully saturated rings. The number of aromatic hydroxyl groups is 1. The summed E-state index contributed by atoms with van der Waals surface area (Å²) in [6.07, 6.45) is 0.289. The molecule has 4 nitrogen and oxygen atoms in total. The van der Waals surface area contributed by atoms with E-state index in [1.165, 1.54) is 6.07 Å². The molecule has 0 radical (unpaired) electrons. The Hall–Kier alpha value is -1.55. The zero-order valence-electron chi connectivity index (χ0n) is 8.03. The van der Waals surface area contributed by atoms with E-state index < -0.39 is 5.60 Å². The summed E-state index contributed by atoms with van der Waals surface area (Å²) in [6, 6.07) is 4.86. The zero-order chi connectivity index (χ0) is 10.5. The third-order valence-electron chi connectivity index (χ3n) is 2.82. The minimum Gasteiger partial charge on any atom is -0.507 e. The monoisotopic (exact) mass is 206 g/mol. The molecule has 1 aromatic rings. The first-order valence-electron chi connectivity index (χ1n) is 4.82. The van der Waals surface area contributed by atoms with Crippen LogP contribution >= 0.6 is 0 Å². The predicted molar refractivity (Wildman–Crippen MR) is 51.2 cm³/mol. The Morgan fingerprint density at radius 2 is 2.13 bits per heavy atom. The number of benzene rings is 1. The number of carbonyl (C=O) groups is 1. The van der Waals surface area contributed by atoms with Crippen LogP contribution in [0.4, 0.5) is 0 Å². The molecule has 1 spiro atoms. The van der Waals surface area contributed by atoms with Crippen LogP contribution in [0.3, 0.4) is 0 Å². The lowest BCUT2D eigenvalue weighted by Crippen LogP contribution is -2.57. The minimum absolute atomic E-state index is 0.00686. The molecule has 0 aliphatic carbocycles. The summed E-state index contributed by atoms with van der Waals surface area (Å²) in [4.78, 5) is 11.8. The Labute approximate surface area is 86.4 Å². The van der Waals surface area contributed by atoms with Crippen molar-refractivity contribution in [3.8, 4) is 11.5 Å². The lowest BCUT2D eigenvalue weighted by Gasteiger charge is -2.43. The molecule has 0 bridgehead atoms. The van der Waals surface area contributed by atoms with Gasteiger partial charge < -0.3 is 14.6 Å². The quantitative estimate of drug-likeness (QED) is 0.691. The SMILES string of the molecule is O=C1CC2(COC2)Oc2cccc(O)c21. The van der Waals surface area contributed by atoms with Gasteiger partial charge >= 0.3 is 0 Å². The van der Waals surface area contributed by atoms with Gasteiger partial charge in [-0.2, -0.15) is 0 Å². The Morgan fingerprint density at radius 1 is 1.33 bits per heavy atom. The summed E-state index contributed by atoms with van der Waals surface area (Å²) in [7, 11) is 0. The molecule has 1 N–H and O–H groups in total. The van der Waals surface area contributed by atoms with E-state index in [-0.39, 0.29) is 18.0 Å². The first-order chi connectivity index (χ1) is 7.20. The largest absolute Gasteiger partial charge is 0.507 e. The molecular formula is C11H10O4. The van der Waals surface area contributed by atoms with E-state index in [1.54, 1.807) is 12.1 Å². The van der Waals surface area contributed by atoms with Gasteiger partial charge in [0.25, 0.3) is 0 Å². The standard InChI is InChI=1S/C11H10O4/c12-7-2-1-3-9-10(7)8(13)4-11(15-9)5-14-6-11/h1-3,12H,4-6H2. The van der Waals surface area contributed by atoms with Gasteiger partial charge in [-0.25, -0.2) is 0 Å². The second-order valence-electron chi connectivity index (χ2n) is 4.03. The van der Waals surface area contributed by atoms with E-state index in [2.05, 4.69) is 0 Å². The molecule has 4 heteroatoms. The lowest BCUT2D eigenvalue weighted by atomic mass is 9.88. The molecule has 0 unspecified atom stereocenters. The number of ether oxygens (including phenoxy) is 2. The van der Waals surface area contributed by atoms with Crippen molar-refractivity contribution >= 4 is 5.78 Å². The predicted octanol–water partition coefficient (Wildman–Crippen LogP) is 1.13. The molecule has 3 rings (SSSR count). The van der Waals surface area contributed by atoms with Crippen molar-refractivity contribution in [1.82, 2.24) is 0 Å². The van der Waals surface area contributed by atoms with E-state index in [0.717, 1.165) is 0 Å². The molecule has 2 aliphatic heterocycles. The molecule has 1 aromatic carbocycles. The van der Waals surface area contributed by atoms with E-state index in [4.69, 9.17) is 9.47 Å². The van der Waals surface area contributed by atoms with Crippen LogP contribution in [0.2, 0.25) is 0 Å². The van der Waals surface area contributed by atoms with Crippen LogP contribution < -0.4 is 4.74 Å². The summed E-state index contributed by atoms with van der Waals surface area (Å²) in [5.74, 6) is 0.389. The maximum absolute atomic E-state index is 11.8. The van der Waals surface area contributed by atoms with Crippen molar-refractivity contribution in [3.63, 3.8) is 0 Å². The molecule has 0 amide bonds. The highest BCUT2D eigenvalue weighted by atomic mass is 16.6. The van der Waals surface area contributed by atoms with Gasteiger partial charge in [0.05, 0.1) is 19.6 Å². The van der Waals surface area contributed by atoms with Crippen LogP contribution in [0, 0.1) is 0 Å². The average molecular weight is 206 g/mol. The van der Waals surface area contributed by atoms with Gasteiger partial charge in [-0.05, 0) is 12.1 Å². The number of fused-ring (bicyclic) bond motifs is 1. The molecule has 0 saturated carbocycles. The third-order valence-corrected chi connectivity index (χ3v) is 2.82. The summed E-state index contributed by atoms with van der Waals surface area (Å²) in [6.45, 7) is 0.904. The van der Waals surface area contributed by atoms with Crippen molar-refractivity contribution in [1.29, 1.82) is 0 Å². The number of phenolic OH excluding ortho intramolecular Hbond substituents is 1. The number of phenols is 1. The number of ketones is 1. The Balaban J connectivity index is 2.08. The fraction of sp³-hybridized carbons (Fsp3) is 0.364. The molecule has 78 valence electrons. The van der Waals surface area contributed by atoms with Crippen LogP contribution in [-0.4, -0.2) is 29.7 Å². The van der Waals surface area contributed by atoms with Crippen molar-refractivity contribution in [3.05, 3.63) is 23.8 Å². The maximum Gasteiger partial charge on any atom is 0.174 e. The van der Waals surface area contributed by atoms with E-state index >= 15 is 0 Å². The number of hydrogen-bond donors (Lipinski definition) is 1. The fourth-order valence-corrected chi connectivity index (χ4v) is 2.03. The summed E-state index contributed by atoms with van der Waals surface area (Å²) >= 11 is 0. The molecule has 2 aliphatic rings. The average Bonchev–Trinajstić information content (AvgIpc) is 2.14. The van der Waals surface area contributed by atoms with Gasteiger partial charge in [0.15, 0.2) is 11.4 Å². The molecule has 0 aromatic heterocycles. The number of rotatable bonds is 0. The summed E-state index contributed by atoms with van der Waals surface area (Å²) in [5.41, 5.74) is -0.173. The van der Waals surface area contributed by atoms with Crippen LogP contribution in [0.1, 0.15) is 16.8 Å². The number of Topliss-reactive ketones (excluding diaryl/α,β-unsaturated/α-hetero) is 1. The van der Waals surface area contributed by atoms with Crippen molar-refractivity contribution in [2.45, 2.75) is 12.0 Å². The van der Waals surface area contributed by atoms with Gasteiger partial charge in [0, 0.05) is 0 Å². The van der Waals surface area contributed by atoms with Crippen LogP contribution in [0.25, 0.3) is 0 Å². The molecule has 1 saturated heterocycles. The Kier molecular flexibility index (Phi) is 1.59. The normalized spacial score (nSPS) is 21.7. The Bertz CT molecular complexity index is 434. The van der Waals surface area contributed by atoms with Crippen LogP contribution in [0.5, 0.6) is 11.5 Å². The first kappa shape index (κ1) is 8.73. The Morgan fingerprint density at radius 3 is 2.80 bits per heavy atom. The highest BCUT2D eigenvalue weighted by Crippen LogP contribution is 2.40. The first-order valence-corrected chi connectivity index (χ1v) is 4.82. The van der Waals surface area contributed by atoms with Crippen LogP contribution in [0.15, 0.2) is 18.2 Å². The van der Waals surface area contributed by atoms with E-state index in [0.29, 0.717) is 24.5 Å². The second kappa shape index (κ2) is 2.73. The van der Waals surface area contributed by atoms with Gasteiger partial charge in [0.2, 0.25) is 0 Å². The zero-order valence-corrected chi connectivity index (χ0v) is 8.03. The third kappa shape index (κ3) is 1.15. The van der Waals surface area contributed by atoms with Crippen molar-refractivity contribution in [2.75, 3.05) is 13.2 Å². The van der Waals surface area contributed by atoms with Gasteiger partial charge in [0.1, 0.15) is 17.1 Å². The molecule has 2 heterocycles. The van der Waals surface area contributed by atoms with Crippen LogP contribution in [-0.2, 0) is 4.74 Å². The number of carbonyl (C=O) groups excluding carboxylic acids is 1. The summed E-state index contributed by atoms with van der Waals surface area (Å²) in [5, 5.41) is 9.56. The van der Waals surface area contributed by atoms with Crippen molar-refractivity contribution < 1.29 is 19.4 Å². The summed E-state index contributed by atoms with van der Waals surface area (Å²) < 4.78 is 10.8. The lowest BCUT2D eigenvalue weighted by molar-refractivity contribution is -0.162. The smallest absolute Gasteiger partial charge is 0.174 e. The van der Waals surface area contributed by atoms with E-state index in [9.17, 15) is 9.90 Å².